The first-order chi connectivity index (χ1) is 8.70. The Hall–Kier alpha value is -2.36. The topological polar surface area (TPSA) is 63.6 Å². The van der Waals surface area contributed by atoms with Crippen molar-refractivity contribution in [3.05, 3.63) is 41.5 Å². The molecule has 0 fully saturated rings. The summed E-state index contributed by atoms with van der Waals surface area (Å²) in [4.78, 5) is 22.8. The zero-order valence-electron chi connectivity index (χ0n) is 9.84. The Morgan fingerprint density at radius 2 is 1.94 bits per heavy atom. The van der Waals surface area contributed by atoms with E-state index in [9.17, 15) is 14.7 Å². The molecule has 0 saturated carbocycles. The summed E-state index contributed by atoms with van der Waals surface area (Å²) >= 11 is 0. The van der Waals surface area contributed by atoms with Crippen molar-refractivity contribution in [2.45, 2.75) is 6.92 Å². The van der Waals surface area contributed by atoms with Crippen LogP contribution in [0.2, 0.25) is 0 Å². The lowest BCUT2D eigenvalue weighted by molar-refractivity contribution is 0.0524. The minimum absolute atomic E-state index is 0.0464. The van der Waals surface area contributed by atoms with Crippen LogP contribution in [0.5, 0.6) is 5.75 Å². The van der Waals surface area contributed by atoms with Crippen LogP contribution in [0.1, 0.15) is 27.6 Å². The first kappa shape index (κ1) is 12.1. The maximum Gasteiger partial charge on any atom is 0.342 e. The van der Waals surface area contributed by atoms with Crippen molar-refractivity contribution < 1.29 is 19.4 Å². The van der Waals surface area contributed by atoms with Gasteiger partial charge >= 0.3 is 5.97 Å². The molecule has 2 aliphatic rings. The van der Waals surface area contributed by atoms with Gasteiger partial charge in [-0.25, -0.2) is 4.79 Å². The quantitative estimate of drug-likeness (QED) is 0.665. The Bertz CT molecular complexity index is 574. The van der Waals surface area contributed by atoms with Gasteiger partial charge in [-0.05, 0) is 12.5 Å². The molecule has 0 heterocycles. The van der Waals surface area contributed by atoms with Crippen molar-refractivity contribution in [3.63, 3.8) is 0 Å². The van der Waals surface area contributed by atoms with Crippen LogP contribution in [0, 0.1) is 0 Å². The lowest BCUT2D eigenvalue weighted by atomic mass is 10.1. The van der Waals surface area contributed by atoms with Gasteiger partial charge in [0.2, 0.25) is 0 Å². The zero-order valence-corrected chi connectivity index (χ0v) is 9.84. The first-order valence-electron chi connectivity index (χ1n) is 5.56. The Kier molecular flexibility index (Phi) is 3.28. The first-order valence-corrected chi connectivity index (χ1v) is 5.56. The number of hydrogen-bond acceptors (Lipinski definition) is 4. The van der Waals surface area contributed by atoms with E-state index in [0.29, 0.717) is 17.4 Å². The number of esters is 1. The normalized spacial score (nSPS) is 10.3. The maximum absolute atomic E-state index is 11.8. The van der Waals surface area contributed by atoms with E-state index in [1.807, 2.05) is 0 Å². The number of carbonyl (C=O) groups is 2. The van der Waals surface area contributed by atoms with E-state index >= 15 is 0 Å². The minimum atomic E-state index is -0.626. The molecule has 2 aliphatic carbocycles. The lowest BCUT2D eigenvalue weighted by Gasteiger charge is -2.02. The molecular weight excluding hydrogens is 232 g/mol. The second-order valence-corrected chi connectivity index (χ2v) is 3.71. The fraction of sp³-hybridized carbons (Fsp3) is 0.143. The van der Waals surface area contributed by atoms with Crippen LogP contribution in [0.25, 0.3) is 11.1 Å². The van der Waals surface area contributed by atoms with E-state index in [2.05, 4.69) is 0 Å². The van der Waals surface area contributed by atoms with Gasteiger partial charge < -0.3 is 9.84 Å². The van der Waals surface area contributed by atoms with Crippen LogP contribution in [0.3, 0.4) is 0 Å². The summed E-state index contributed by atoms with van der Waals surface area (Å²) < 4.78 is 4.89. The van der Waals surface area contributed by atoms with Crippen LogP contribution in [0.15, 0.2) is 30.3 Å². The SMILES string of the molecule is CCOC(=O)c1c2cccccc-2c(C=O)c1O. The van der Waals surface area contributed by atoms with Crippen molar-refractivity contribution in [1.29, 1.82) is 0 Å². The van der Waals surface area contributed by atoms with Gasteiger partial charge in [-0.1, -0.05) is 30.3 Å². The molecule has 0 radical (unpaired) electrons. The summed E-state index contributed by atoms with van der Waals surface area (Å²) in [6.45, 7) is 1.89. The van der Waals surface area contributed by atoms with E-state index in [-0.39, 0.29) is 23.5 Å². The summed E-state index contributed by atoms with van der Waals surface area (Å²) in [5.74, 6) is -0.941. The molecule has 2 rings (SSSR count). The summed E-state index contributed by atoms with van der Waals surface area (Å²) in [5.41, 5.74) is 1.21. The monoisotopic (exact) mass is 244 g/mol. The highest BCUT2D eigenvalue weighted by atomic mass is 16.5. The molecule has 1 N–H and O–H groups in total. The van der Waals surface area contributed by atoms with Crippen LogP contribution in [0.4, 0.5) is 0 Å². The summed E-state index contributed by atoms with van der Waals surface area (Å²) in [6, 6.07) is 8.61. The average molecular weight is 244 g/mol. The molecule has 0 aromatic heterocycles. The van der Waals surface area contributed by atoms with E-state index in [1.54, 1.807) is 37.3 Å². The number of carbonyl (C=O) groups excluding carboxylic acids is 2. The molecule has 18 heavy (non-hydrogen) atoms. The van der Waals surface area contributed by atoms with Gasteiger partial charge in [-0.2, -0.15) is 0 Å². The highest BCUT2D eigenvalue weighted by Crippen LogP contribution is 2.40. The molecule has 4 nitrogen and oxygen atoms in total. The Morgan fingerprint density at radius 3 is 2.56 bits per heavy atom. The second-order valence-electron chi connectivity index (χ2n) is 3.71. The Balaban J connectivity index is 2.72. The predicted octanol–water partition coefficient (Wildman–Crippen LogP) is 2.49. The molecule has 0 aromatic carbocycles. The zero-order chi connectivity index (χ0) is 13.1. The Morgan fingerprint density at radius 1 is 1.28 bits per heavy atom. The third-order valence-electron chi connectivity index (χ3n) is 2.69. The molecule has 0 spiro atoms. The number of aldehydes is 1. The van der Waals surface area contributed by atoms with Crippen LogP contribution in [-0.4, -0.2) is 24.0 Å². The lowest BCUT2D eigenvalue weighted by Crippen LogP contribution is -2.04. The van der Waals surface area contributed by atoms with E-state index < -0.39 is 5.97 Å². The van der Waals surface area contributed by atoms with Gasteiger partial charge in [0.15, 0.2) is 6.29 Å². The highest BCUT2D eigenvalue weighted by molar-refractivity contribution is 6.08. The fourth-order valence-electron chi connectivity index (χ4n) is 1.92. The molecule has 4 heteroatoms. The van der Waals surface area contributed by atoms with Crippen molar-refractivity contribution >= 4 is 12.3 Å². The van der Waals surface area contributed by atoms with Gasteiger partial charge in [-0.15, -0.1) is 0 Å². The summed E-state index contributed by atoms with van der Waals surface area (Å²) in [5, 5.41) is 9.96. The van der Waals surface area contributed by atoms with Crippen molar-refractivity contribution in [3.8, 4) is 16.9 Å². The molecule has 0 amide bonds. The van der Waals surface area contributed by atoms with E-state index in [4.69, 9.17) is 4.74 Å². The van der Waals surface area contributed by atoms with Gasteiger partial charge in [0.25, 0.3) is 0 Å². The van der Waals surface area contributed by atoms with Gasteiger partial charge in [-0.3, -0.25) is 4.79 Å². The van der Waals surface area contributed by atoms with Crippen molar-refractivity contribution in [2.24, 2.45) is 0 Å². The highest BCUT2D eigenvalue weighted by Gasteiger charge is 2.27. The third kappa shape index (κ3) is 1.82. The molecule has 0 aromatic rings. The third-order valence-corrected chi connectivity index (χ3v) is 2.69. The van der Waals surface area contributed by atoms with Crippen molar-refractivity contribution in [2.75, 3.05) is 6.61 Å². The minimum Gasteiger partial charge on any atom is -0.506 e. The molecule has 92 valence electrons. The molecule has 0 saturated heterocycles. The van der Waals surface area contributed by atoms with E-state index in [0.717, 1.165) is 0 Å². The maximum atomic E-state index is 11.8. The predicted molar refractivity (Wildman–Crippen MR) is 66.1 cm³/mol. The largest absolute Gasteiger partial charge is 0.506 e. The second kappa shape index (κ2) is 4.87. The molecule has 0 bridgehead atoms. The van der Waals surface area contributed by atoms with Gasteiger partial charge in [0.05, 0.1) is 12.2 Å². The van der Waals surface area contributed by atoms with Crippen LogP contribution < -0.4 is 0 Å². The average Bonchev–Trinajstić information content (AvgIpc) is 2.51. The number of rotatable bonds is 3. The molecule has 0 atom stereocenters. The molecule has 0 aliphatic heterocycles. The van der Waals surface area contributed by atoms with Gasteiger partial charge in [0, 0.05) is 5.56 Å². The Labute approximate surface area is 104 Å². The number of aromatic hydroxyl groups is 1. The summed E-state index contributed by atoms with van der Waals surface area (Å²) in [6.07, 6.45) is 0.542. The van der Waals surface area contributed by atoms with E-state index in [1.165, 1.54) is 0 Å². The molecular formula is C14H12O4. The number of fused-ring (bicyclic) bond motifs is 1. The van der Waals surface area contributed by atoms with Crippen LogP contribution >= 0.6 is 0 Å². The fourth-order valence-corrected chi connectivity index (χ4v) is 1.92. The van der Waals surface area contributed by atoms with Crippen LogP contribution in [-0.2, 0) is 4.74 Å². The summed E-state index contributed by atoms with van der Waals surface area (Å²) in [7, 11) is 0. The molecule has 0 unspecified atom stereocenters. The number of hydrogen-bond donors (Lipinski definition) is 1. The number of ether oxygens (including phenoxy) is 1. The van der Waals surface area contributed by atoms with Gasteiger partial charge in [0.1, 0.15) is 11.3 Å². The standard InChI is InChI=1S/C14H12O4/c1-2-18-14(17)12-10-7-5-3-4-6-9(10)11(8-15)13(12)16/h3-8,16H,2H2,1H3. The van der Waals surface area contributed by atoms with Crippen molar-refractivity contribution in [1.82, 2.24) is 0 Å². The smallest absolute Gasteiger partial charge is 0.342 e.